The predicted octanol–water partition coefficient (Wildman–Crippen LogP) is 4.46. The minimum absolute atomic E-state index is 0.0248. The van der Waals surface area contributed by atoms with Crippen molar-refractivity contribution in [2.75, 3.05) is 31.2 Å². The number of hydrogen-bond acceptors (Lipinski definition) is 4. The van der Waals surface area contributed by atoms with E-state index in [0.29, 0.717) is 39.0 Å². The zero-order valence-electron chi connectivity index (χ0n) is 22.1. The fourth-order valence-electron chi connectivity index (χ4n) is 6.18. The van der Waals surface area contributed by atoms with E-state index in [1.54, 1.807) is 4.90 Å². The van der Waals surface area contributed by atoms with Crippen LogP contribution in [-0.2, 0) is 14.4 Å². The number of benzene rings is 1. The number of unbranched alkanes of at least 4 members (excludes halogenated alkanes) is 4. The van der Waals surface area contributed by atoms with E-state index in [1.807, 2.05) is 35.2 Å². The van der Waals surface area contributed by atoms with E-state index in [4.69, 9.17) is 0 Å². The minimum Gasteiger partial charge on any atom is -0.352 e. The molecule has 1 aromatic rings. The third-order valence-electron chi connectivity index (χ3n) is 8.32. The van der Waals surface area contributed by atoms with E-state index in [9.17, 15) is 14.4 Å². The lowest BCUT2D eigenvalue weighted by Crippen LogP contribution is -2.57. The number of piperidine rings is 1. The van der Waals surface area contributed by atoms with E-state index in [2.05, 4.69) is 17.1 Å². The maximum atomic E-state index is 13.8. The van der Waals surface area contributed by atoms with E-state index in [-0.39, 0.29) is 30.3 Å². The normalized spacial score (nSPS) is 20.2. The van der Waals surface area contributed by atoms with E-state index in [0.717, 1.165) is 44.2 Å². The molecule has 2 aliphatic heterocycles. The molecule has 7 nitrogen and oxygen atoms in total. The molecule has 0 aromatic heterocycles. The molecular weight excluding hydrogens is 452 g/mol. The molecule has 3 fully saturated rings. The van der Waals surface area contributed by atoms with Gasteiger partial charge in [0, 0.05) is 31.2 Å². The van der Waals surface area contributed by atoms with Crippen LogP contribution in [0.5, 0.6) is 0 Å². The van der Waals surface area contributed by atoms with Gasteiger partial charge in [-0.1, -0.05) is 70.1 Å². The molecule has 2 heterocycles. The van der Waals surface area contributed by atoms with Gasteiger partial charge < -0.3 is 20.0 Å². The molecule has 1 aromatic carbocycles. The SMILES string of the molecule is CCCCCCCC(=O)N1CCC2(CC1)C(=O)N(CC(=O)NC1CCCCC1)CN2c1ccccc1. The Balaban J connectivity index is 1.39. The number of hydrogen-bond donors (Lipinski definition) is 1. The molecule has 0 unspecified atom stereocenters. The lowest BCUT2D eigenvalue weighted by molar-refractivity contribution is -0.140. The third kappa shape index (κ3) is 6.22. The summed E-state index contributed by atoms with van der Waals surface area (Å²) in [4.78, 5) is 45.4. The standard InChI is InChI=1S/C29H44N4O3/c1-2-3-4-5-12-17-27(35)31-20-18-29(19-21-31)28(36)32(23-33(29)25-15-10-7-11-16-25)22-26(34)30-24-13-8-6-9-14-24/h7,10-11,15-16,24H,2-6,8-9,12-14,17-23H2,1H3,(H,30,34). The van der Waals surface area contributed by atoms with Crippen molar-refractivity contribution in [3.05, 3.63) is 30.3 Å². The van der Waals surface area contributed by atoms with Crippen LogP contribution < -0.4 is 10.2 Å². The van der Waals surface area contributed by atoms with Crippen LogP contribution in [0, 0.1) is 0 Å². The summed E-state index contributed by atoms with van der Waals surface area (Å²) >= 11 is 0. The topological polar surface area (TPSA) is 73.0 Å². The largest absolute Gasteiger partial charge is 0.352 e. The summed E-state index contributed by atoms with van der Waals surface area (Å²) in [6.07, 6.45) is 13.1. The molecule has 4 rings (SSSR count). The molecule has 36 heavy (non-hydrogen) atoms. The Morgan fingerprint density at radius 3 is 2.36 bits per heavy atom. The number of carbonyl (C=O) groups is 3. The molecule has 1 spiro atoms. The van der Waals surface area contributed by atoms with E-state index >= 15 is 0 Å². The Bertz CT molecular complexity index is 876. The van der Waals surface area contributed by atoms with Crippen molar-refractivity contribution in [3.8, 4) is 0 Å². The average Bonchev–Trinajstić information content (AvgIpc) is 3.16. The van der Waals surface area contributed by atoms with Gasteiger partial charge in [-0.2, -0.15) is 0 Å². The smallest absolute Gasteiger partial charge is 0.250 e. The second kappa shape index (κ2) is 12.6. The van der Waals surface area contributed by atoms with Crippen LogP contribution in [0.25, 0.3) is 0 Å². The molecule has 1 saturated carbocycles. The molecule has 3 aliphatic rings. The van der Waals surface area contributed by atoms with Gasteiger partial charge in [-0.3, -0.25) is 14.4 Å². The number of amides is 3. The molecule has 1 aliphatic carbocycles. The van der Waals surface area contributed by atoms with Crippen molar-refractivity contribution in [2.45, 2.75) is 102 Å². The van der Waals surface area contributed by atoms with Crippen molar-refractivity contribution >= 4 is 23.4 Å². The van der Waals surface area contributed by atoms with Crippen LogP contribution in [-0.4, -0.2) is 65.4 Å². The Morgan fingerprint density at radius 1 is 0.972 bits per heavy atom. The first-order chi connectivity index (χ1) is 17.5. The summed E-state index contributed by atoms with van der Waals surface area (Å²) in [5.41, 5.74) is 0.307. The zero-order chi connectivity index (χ0) is 25.4. The van der Waals surface area contributed by atoms with Crippen molar-refractivity contribution < 1.29 is 14.4 Å². The lowest BCUT2D eigenvalue weighted by atomic mass is 9.85. The van der Waals surface area contributed by atoms with Gasteiger partial charge in [0.2, 0.25) is 11.8 Å². The highest BCUT2D eigenvalue weighted by Gasteiger charge is 2.54. The van der Waals surface area contributed by atoms with E-state index in [1.165, 1.54) is 25.7 Å². The summed E-state index contributed by atoms with van der Waals surface area (Å²) in [7, 11) is 0. The van der Waals surface area contributed by atoms with Crippen LogP contribution in [0.1, 0.15) is 90.4 Å². The van der Waals surface area contributed by atoms with Gasteiger partial charge in [0.25, 0.3) is 5.91 Å². The average molecular weight is 497 g/mol. The van der Waals surface area contributed by atoms with Gasteiger partial charge in [0.15, 0.2) is 0 Å². The summed E-state index contributed by atoms with van der Waals surface area (Å²) in [5, 5.41) is 3.16. The molecule has 3 amide bonds. The molecule has 0 atom stereocenters. The van der Waals surface area contributed by atoms with Crippen LogP contribution in [0.3, 0.4) is 0 Å². The highest BCUT2D eigenvalue weighted by molar-refractivity contribution is 5.96. The lowest BCUT2D eigenvalue weighted by Gasteiger charge is -2.43. The predicted molar refractivity (Wildman–Crippen MR) is 142 cm³/mol. The highest BCUT2D eigenvalue weighted by atomic mass is 16.2. The number of likely N-dealkylation sites (tertiary alicyclic amines) is 1. The summed E-state index contributed by atoms with van der Waals surface area (Å²) < 4.78 is 0. The summed E-state index contributed by atoms with van der Waals surface area (Å²) in [5.74, 6) is 0.176. The van der Waals surface area contributed by atoms with Crippen molar-refractivity contribution in [3.63, 3.8) is 0 Å². The van der Waals surface area contributed by atoms with Gasteiger partial charge in [-0.25, -0.2) is 0 Å². The molecule has 7 heteroatoms. The zero-order valence-corrected chi connectivity index (χ0v) is 22.1. The second-order valence-corrected chi connectivity index (χ2v) is 10.9. The maximum Gasteiger partial charge on any atom is 0.250 e. The Kier molecular flexibility index (Phi) is 9.27. The first-order valence-corrected chi connectivity index (χ1v) is 14.2. The monoisotopic (exact) mass is 496 g/mol. The van der Waals surface area contributed by atoms with Crippen molar-refractivity contribution in [1.82, 2.24) is 15.1 Å². The third-order valence-corrected chi connectivity index (χ3v) is 8.32. The maximum absolute atomic E-state index is 13.8. The Morgan fingerprint density at radius 2 is 1.67 bits per heavy atom. The second-order valence-electron chi connectivity index (χ2n) is 10.9. The Labute approximate surface area is 216 Å². The number of nitrogens with one attached hydrogen (secondary N) is 1. The number of anilines is 1. The first-order valence-electron chi connectivity index (χ1n) is 14.2. The molecule has 2 saturated heterocycles. The number of rotatable bonds is 10. The van der Waals surface area contributed by atoms with Crippen LogP contribution in [0.2, 0.25) is 0 Å². The Hall–Kier alpha value is -2.57. The van der Waals surface area contributed by atoms with Gasteiger partial charge in [-0.15, -0.1) is 0 Å². The van der Waals surface area contributed by atoms with Crippen LogP contribution in [0.15, 0.2) is 30.3 Å². The summed E-state index contributed by atoms with van der Waals surface area (Å²) in [6, 6.07) is 10.3. The van der Waals surface area contributed by atoms with Gasteiger partial charge >= 0.3 is 0 Å². The van der Waals surface area contributed by atoms with Crippen molar-refractivity contribution in [2.24, 2.45) is 0 Å². The van der Waals surface area contributed by atoms with Gasteiger partial charge in [-0.05, 0) is 44.2 Å². The molecule has 1 N–H and O–H groups in total. The molecule has 198 valence electrons. The molecular formula is C29H44N4O3. The number of carbonyl (C=O) groups excluding carboxylic acids is 3. The van der Waals surface area contributed by atoms with Crippen LogP contribution >= 0.6 is 0 Å². The highest BCUT2D eigenvalue weighted by Crippen LogP contribution is 2.39. The van der Waals surface area contributed by atoms with Crippen LogP contribution in [0.4, 0.5) is 5.69 Å². The fraction of sp³-hybridized carbons (Fsp3) is 0.690. The first kappa shape index (κ1) is 26.5. The van der Waals surface area contributed by atoms with E-state index < -0.39 is 5.54 Å². The molecule has 0 bridgehead atoms. The summed E-state index contributed by atoms with van der Waals surface area (Å²) in [6.45, 7) is 3.88. The van der Waals surface area contributed by atoms with Gasteiger partial charge in [0.1, 0.15) is 12.1 Å². The fourth-order valence-corrected chi connectivity index (χ4v) is 6.18. The number of para-hydroxylation sites is 1. The molecule has 0 radical (unpaired) electrons. The minimum atomic E-state index is -0.690. The number of nitrogens with zero attached hydrogens (tertiary/aromatic N) is 3. The quantitative estimate of drug-likeness (QED) is 0.486. The van der Waals surface area contributed by atoms with Gasteiger partial charge in [0.05, 0.1) is 6.67 Å². The van der Waals surface area contributed by atoms with Crippen molar-refractivity contribution in [1.29, 1.82) is 0 Å².